The SMILES string of the molecule is CC(C)C[C@H](CN)CC(=O)O.NC(=O)c1cccnc1. The molecule has 6 nitrogen and oxygen atoms in total. The molecular weight excluding hydrogens is 258 g/mol. The Bertz CT molecular complexity index is 407. The Morgan fingerprint density at radius 1 is 1.40 bits per heavy atom. The molecule has 1 heterocycles. The summed E-state index contributed by atoms with van der Waals surface area (Å²) in [4.78, 5) is 24.4. The average Bonchev–Trinajstić information content (AvgIpc) is 2.38. The van der Waals surface area contributed by atoms with Gasteiger partial charge in [-0.25, -0.2) is 0 Å². The van der Waals surface area contributed by atoms with E-state index in [0.717, 1.165) is 6.42 Å². The maximum absolute atomic E-state index is 10.4. The fourth-order valence-corrected chi connectivity index (χ4v) is 1.69. The van der Waals surface area contributed by atoms with Crippen LogP contribution in [0.15, 0.2) is 24.5 Å². The number of aliphatic carboxylic acids is 1. The zero-order valence-corrected chi connectivity index (χ0v) is 12.0. The van der Waals surface area contributed by atoms with Gasteiger partial charge in [-0.05, 0) is 36.9 Å². The van der Waals surface area contributed by atoms with Crippen LogP contribution in [0.25, 0.3) is 0 Å². The highest BCUT2D eigenvalue weighted by Gasteiger charge is 2.12. The lowest BCUT2D eigenvalue weighted by atomic mass is 9.94. The summed E-state index contributed by atoms with van der Waals surface area (Å²) >= 11 is 0. The quantitative estimate of drug-likeness (QED) is 0.725. The second-order valence-corrected chi connectivity index (χ2v) is 4.94. The molecule has 1 amide bonds. The van der Waals surface area contributed by atoms with Gasteiger partial charge in [0, 0.05) is 18.8 Å². The van der Waals surface area contributed by atoms with Gasteiger partial charge in [0.15, 0.2) is 0 Å². The maximum atomic E-state index is 10.4. The topological polar surface area (TPSA) is 119 Å². The van der Waals surface area contributed by atoms with Gasteiger partial charge >= 0.3 is 5.97 Å². The first kappa shape index (κ1) is 18.0. The highest BCUT2D eigenvalue weighted by atomic mass is 16.4. The van der Waals surface area contributed by atoms with Gasteiger partial charge in [0.05, 0.1) is 5.56 Å². The fraction of sp³-hybridized carbons (Fsp3) is 0.500. The van der Waals surface area contributed by atoms with Crippen molar-refractivity contribution in [1.82, 2.24) is 4.98 Å². The summed E-state index contributed by atoms with van der Waals surface area (Å²) < 4.78 is 0. The molecule has 1 rings (SSSR count). The summed E-state index contributed by atoms with van der Waals surface area (Å²) in [5, 5.41) is 8.47. The number of carbonyl (C=O) groups is 2. The van der Waals surface area contributed by atoms with Crippen LogP contribution in [-0.2, 0) is 4.79 Å². The molecule has 0 spiro atoms. The number of aromatic nitrogens is 1. The Hall–Kier alpha value is -1.95. The number of rotatable bonds is 6. The molecule has 0 bridgehead atoms. The van der Waals surface area contributed by atoms with Gasteiger partial charge in [0.1, 0.15) is 0 Å². The number of carbonyl (C=O) groups excluding carboxylic acids is 1. The van der Waals surface area contributed by atoms with Crippen molar-refractivity contribution in [3.8, 4) is 0 Å². The van der Waals surface area contributed by atoms with Crippen molar-refractivity contribution >= 4 is 11.9 Å². The first-order valence-electron chi connectivity index (χ1n) is 6.48. The van der Waals surface area contributed by atoms with Gasteiger partial charge in [-0.3, -0.25) is 14.6 Å². The molecule has 1 aromatic rings. The van der Waals surface area contributed by atoms with Gasteiger partial charge in [-0.15, -0.1) is 0 Å². The van der Waals surface area contributed by atoms with Crippen molar-refractivity contribution < 1.29 is 14.7 Å². The van der Waals surface area contributed by atoms with Gasteiger partial charge in [0.2, 0.25) is 5.91 Å². The summed E-state index contributed by atoms with van der Waals surface area (Å²) in [6, 6.07) is 3.29. The smallest absolute Gasteiger partial charge is 0.303 e. The third-order valence-electron chi connectivity index (χ3n) is 2.55. The third kappa shape index (κ3) is 9.04. The lowest BCUT2D eigenvalue weighted by molar-refractivity contribution is -0.138. The molecule has 0 aromatic carbocycles. The van der Waals surface area contributed by atoms with E-state index in [-0.39, 0.29) is 12.3 Å². The van der Waals surface area contributed by atoms with E-state index in [1.54, 1.807) is 18.3 Å². The number of primary amides is 1. The molecular formula is C14H23N3O3. The van der Waals surface area contributed by atoms with E-state index in [4.69, 9.17) is 16.6 Å². The molecule has 0 radical (unpaired) electrons. The van der Waals surface area contributed by atoms with Gasteiger partial charge < -0.3 is 16.6 Å². The predicted octanol–water partition coefficient (Wildman–Crippen LogP) is 1.26. The Kier molecular flexibility index (Phi) is 8.95. The molecule has 20 heavy (non-hydrogen) atoms. The van der Waals surface area contributed by atoms with E-state index in [2.05, 4.69) is 18.8 Å². The average molecular weight is 281 g/mol. The van der Waals surface area contributed by atoms with Crippen molar-refractivity contribution in [3.63, 3.8) is 0 Å². The van der Waals surface area contributed by atoms with Crippen LogP contribution in [0.2, 0.25) is 0 Å². The van der Waals surface area contributed by atoms with Crippen molar-refractivity contribution in [2.75, 3.05) is 6.54 Å². The predicted molar refractivity (Wildman–Crippen MR) is 77.0 cm³/mol. The number of pyridine rings is 1. The molecule has 112 valence electrons. The molecule has 1 aromatic heterocycles. The Morgan fingerprint density at radius 2 is 2.05 bits per heavy atom. The first-order valence-corrected chi connectivity index (χ1v) is 6.48. The fourth-order valence-electron chi connectivity index (χ4n) is 1.69. The van der Waals surface area contributed by atoms with E-state index in [9.17, 15) is 9.59 Å². The number of carboxylic acids is 1. The normalized spacial score (nSPS) is 11.4. The van der Waals surface area contributed by atoms with Crippen LogP contribution in [-0.4, -0.2) is 28.5 Å². The summed E-state index contributed by atoms with van der Waals surface area (Å²) in [5.41, 5.74) is 10.8. The monoisotopic (exact) mass is 281 g/mol. The summed E-state index contributed by atoms with van der Waals surface area (Å²) in [6.45, 7) is 4.62. The summed E-state index contributed by atoms with van der Waals surface area (Å²) in [6.07, 6.45) is 4.13. The lowest BCUT2D eigenvalue weighted by Crippen LogP contribution is -2.19. The number of hydrogen-bond donors (Lipinski definition) is 3. The maximum Gasteiger partial charge on any atom is 0.303 e. The molecule has 0 unspecified atom stereocenters. The molecule has 1 atom stereocenters. The van der Waals surface area contributed by atoms with E-state index in [0.29, 0.717) is 18.0 Å². The Balaban J connectivity index is 0.000000367. The van der Waals surface area contributed by atoms with Gasteiger partial charge in [-0.1, -0.05) is 13.8 Å². The van der Waals surface area contributed by atoms with Crippen LogP contribution < -0.4 is 11.5 Å². The van der Waals surface area contributed by atoms with Gasteiger partial charge in [0.25, 0.3) is 0 Å². The Labute approximate surface area is 119 Å². The zero-order valence-electron chi connectivity index (χ0n) is 12.0. The number of amides is 1. The second-order valence-electron chi connectivity index (χ2n) is 4.94. The van der Waals surface area contributed by atoms with E-state index in [1.807, 2.05) is 0 Å². The Morgan fingerprint density at radius 3 is 2.35 bits per heavy atom. The minimum atomic E-state index is -0.749. The number of nitrogens with two attached hydrogens (primary N) is 2. The van der Waals surface area contributed by atoms with E-state index in [1.165, 1.54) is 6.20 Å². The van der Waals surface area contributed by atoms with Crippen LogP contribution in [0, 0.1) is 11.8 Å². The van der Waals surface area contributed by atoms with Crippen molar-refractivity contribution in [2.45, 2.75) is 26.7 Å². The third-order valence-corrected chi connectivity index (χ3v) is 2.55. The van der Waals surface area contributed by atoms with E-state index >= 15 is 0 Å². The van der Waals surface area contributed by atoms with Gasteiger partial charge in [-0.2, -0.15) is 0 Å². The molecule has 5 N–H and O–H groups in total. The lowest BCUT2D eigenvalue weighted by Gasteiger charge is -2.13. The zero-order chi connectivity index (χ0) is 15.5. The van der Waals surface area contributed by atoms with Crippen molar-refractivity contribution in [1.29, 1.82) is 0 Å². The van der Waals surface area contributed by atoms with Crippen LogP contribution in [0.5, 0.6) is 0 Å². The summed E-state index contributed by atoms with van der Waals surface area (Å²) in [7, 11) is 0. The van der Waals surface area contributed by atoms with Crippen LogP contribution in [0.1, 0.15) is 37.0 Å². The largest absolute Gasteiger partial charge is 0.481 e. The molecule has 0 saturated carbocycles. The van der Waals surface area contributed by atoms with Crippen LogP contribution >= 0.6 is 0 Å². The number of nitrogens with zero attached hydrogens (tertiary/aromatic N) is 1. The molecule has 0 saturated heterocycles. The summed E-state index contributed by atoms with van der Waals surface area (Å²) in [5.74, 6) is -0.514. The highest BCUT2D eigenvalue weighted by Crippen LogP contribution is 2.13. The molecule has 0 aliphatic rings. The molecule has 0 fully saturated rings. The first-order chi connectivity index (χ1) is 9.36. The minimum Gasteiger partial charge on any atom is -0.481 e. The molecule has 0 aliphatic heterocycles. The van der Waals surface area contributed by atoms with Crippen molar-refractivity contribution in [3.05, 3.63) is 30.1 Å². The molecule has 6 heteroatoms. The number of hydrogen-bond acceptors (Lipinski definition) is 4. The van der Waals surface area contributed by atoms with Crippen molar-refractivity contribution in [2.24, 2.45) is 23.3 Å². The standard InChI is InChI=1S/C8H17NO2.C6H6N2O/c1-6(2)3-7(5-9)4-8(10)11;7-6(9)5-2-1-3-8-4-5/h6-7H,3-5,9H2,1-2H3,(H,10,11);1-4H,(H2,7,9)/t7-;/m0./s1. The van der Waals surface area contributed by atoms with E-state index < -0.39 is 11.9 Å². The van der Waals surface area contributed by atoms with Crippen LogP contribution in [0.4, 0.5) is 0 Å². The second kappa shape index (κ2) is 9.91. The number of carboxylic acid groups (broad SMARTS) is 1. The van der Waals surface area contributed by atoms with Crippen LogP contribution in [0.3, 0.4) is 0 Å². The molecule has 0 aliphatic carbocycles. The highest BCUT2D eigenvalue weighted by molar-refractivity contribution is 5.92. The minimum absolute atomic E-state index is 0.146.